The fourth-order valence-corrected chi connectivity index (χ4v) is 4.74. The maximum atomic E-state index is 10.1. The van der Waals surface area contributed by atoms with Crippen molar-refractivity contribution in [3.8, 4) is 0 Å². The maximum absolute atomic E-state index is 10.1. The molecule has 0 spiro atoms. The Kier molecular flexibility index (Phi) is 57.7. The van der Waals surface area contributed by atoms with E-state index in [0.717, 1.165) is 38.5 Å². The average Bonchev–Trinajstić information content (AvgIpc) is 3.03. The van der Waals surface area contributed by atoms with Crippen LogP contribution in [0.3, 0.4) is 0 Å². The molecule has 0 atom stereocenters. The summed E-state index contributed by atoms with van der Waals surface area (Å²) in [6.45, 7) is 8.87. The third-order valence-corrected chi connectivity index (χ3v) is 9.13. The normalized spacial score (nSPS) is 10.1. The van der Waals surface area contributed by atoms with E-state index in [4.69, 9.17) is 0 Å². The van der Waals surface area contributed by atoms with Crippen molar-refractivity contribution in [3.05, 3.63) is 0 Å². The Bertz CT molecular complexity index is 507. The first kappa shape index (κ1) is 52.0. The molecule has 6 nitrogen and oxygen atoms in total. The number of hydrogen-bond donors (Lipinski definition) is 0. The zero-order chi connectivity index (χ0) is 35.4. The molecular weight excluding hydrogens is 683 g/mol. The first-order valence-electron chi connectivity index (χ1n) is 19.5. The van der Waals surface area contributed by atoms with Crippen molar-refractivity contribution in [2.75, 3.05) is 0 Å². The van der Waals surface area contributed by atoms with Crippen LogP contribution in [-0.2, 0) is 14.4 Å². The standard InChI is InChI=1S/3C12H24O2.C3H7.Sn/c3*1-2-3-4-5-6-7-8-9-10-11-12(13)14;1-3-2;/h3*2-11H2,1H3,(H,13,14);1,3H2,2H3;/q;;;;+3/p-3. The third-order valence-electron chi connectivity index (χ3n) is 7.70. The number of carbonyl (C=O) groups excluding carboxylic acids is 3. The summed E-state index contributed by atoms with van der Waals surface area (Å²) in [5, 5.41) is 30.3. The predicted octanol–water partition coefficient (Wildman–Crippen LogP) is 8.95. The second-order valence-electron chi connectivity index (χ2n) is 12.6. The predicted molar refractivity (Wildman–Crippen MR) is 191 cm³/mol. The second-order valence-corrected chi connectivity index (χ2v) is 14.0. The van der Waals surface area contributed by atoms with Crippen LogP contribution < -0.4 is 15.3 Å². The van der Waals surface area contributed by atoms with Crippen LogP contribution in [0, 0.1) is 0 Å². The summed E-state index contributed by atoms with van der Waals surface area (Å²) in [6.07, 6.45) is 34.8. The molecule has 0 bridgehead atoms. The van der Waals surface area contributed by atoms with E-state index < -0.39 is 17.9 Å². The van der Waals surface area contributed by atoms with Crippen LogP contribution in [-0.4, -0.2) is 40.4 Å². The molecule has 0 aliphatic heterocycles. The molecule has 0 saturated heterocycles. The summed E-state index contributed by atoms with van der Waals surface area (Å²) in [5.41, 5.74) is 0. The molecule has 0 heterocycles. The van der Waals surface area contributed by atoms with Gasteiger partial charge in [-0.3, -0.25) is 0 Å². The summed E-state index contributed by atoms with van der Waals surface area (Å²) in [5.74, 6) is -2.73. The van der Waals surface area contributed by atoms with E-state index in [1.54, 1.807) is 22.5 Å². The van der Waals surface area contributed by atoms with Crippen molar-refractivity contribution in [1.29, 1.82) is 0 Å². The molecule has 272 valence electrons. The Balaban J connectivity index is -0.000000271. The summed E-state index contributed by atoms with van der Waals surface area (Å²) in [6, 6.07) is 0. The Hall–Kier alpha value is -0.791. The summed E-state index contributed by atoms with van der Waals surface area (Å²) in [4.78, 5) is 30.3. The van der Waals surface area contributed by atoms with Crippen molar-refractivity contribution in [1.82, 2.24) is 0 Å². The van der Waals surface area contributed by atoms with Crippen molar-refractivity contribution < 1.29 is 29.7 Å². The zero-order valence-electron chi connectivity index (χ0n) is 31.1. The second kappa shape index (κ2) is 51.1. The minimum absolute atomic E-state index is 0.232. The van der Waals surface area contributed by atoms with Gasteiger partial charge < -0.3 is 29.7 Å². The molecule has 0 radical (unpaired) electrons. The number of hydrogen-bond acceptors (Lipinski definition) is 6. The van der Waals surface area contributed by atoms with E-state index in [1.165, 1.54) is 146 Å². The van der Waals surface area contributed by atoms with Crippen molar-refractivity contribution in [2.24, 2.45) is 0 Å². The molecule has 0 aromatic rings. The van der Waals surface area contributed by atoms with Gasteiger partial charge in [0.1, 0.15) is 0 Å². The summed E-state index contributed by atoms with van der Waals surface area (Å²) in [7, 11) is 0. The van der Waals surface area contributed by atoms with Crippen LogP contribution in [0.2, 0.25) is 4.44 Å². The average molecular weight is 760 g/mol. The zero-order valence-corrected chi connectivity index (χ0v) is 33.9. The fourth-order valence-electron chi connectivity index (χ4n) is 4.74. The van der Waals surface area contributed by atoms with Crippen LogP contribution >= 0.6 is 0 Å². The van der Waals surface area contributed by atoms with E-state index in [9.17, 15) is 29.7 Å². The van der Waals surface area contributed by atoms with E-state index in [1.807, 2.05) is 0 Å². The summed E-state index contributed by atoms with van der Waals surface area (Å²) >= 11 is 1.67. The first-order valence-corrected chi connectivity index (χ1v) is 21.5. The van der Waals surface area contributed by atoms with Gasteiger partial charge in [-0.1, -0.05) is 175 Å². The molecule has 0 amide bonds. The van der Waals surface area contributed by atoms with Gasteiger partial charge in [0.15, 0.2) is 0 Å². The Morgan fingerprint density at radius 1 is 0.326 bits per heavy atom. The van der Waals surface area contributed by atoms with Crippen LogP contribution in [0.25, 0.3) is 0 Å². The minimum atomic E-state index is -0.909. The quantitative estimate of drug-likeness (QED) is 0.0514. The molecule has 0 fully saturated rings. The van der Waals surface area contributed by atoms with Crippen molar-refractivity contribution in [3.63, 3.8) is 0 Å². The molecule has 0 aliphatic rings. The van der Waals surface area contributed by atoms with Gasteiger partial charge in [-0.25, -0.2) is 0 Å². The topological polar surface area (TPSA) is 120 Å². The number of aliphatic carboxylic acids is 3. The SMILES string of the molecule is CCCCCCCCCCCC(=O)[O-].CCCCCCCCCCCC(=O)[O-].CCCCCCCCCCCC(=O)[O-].CC[CH2][Sn+3]. The molecule has 0 aromatic carbocycles. The Morgan fingerprint density at radius 2 is 0.478 bits per heavy atom. The molecule has 0 aromatic heterocycles. The first-order chi connectivity index (χ1) is 22.2. The number of carboxylic acid groups (broad SMARTS) is 3. The molecule has 0 unspecified atom stereocenters. The number of rotatable bonds is 31. The number of unbranched alkanes of at least 4 members (excludes halogenated alkanes) is 24. The van der Waals surface area contributed by atoms with Crippen LogP contribution in [0.4, 0.5) is 0 Å². The van der Waals surface area contributed by atoms with Gasteiger partial charge >= 0.3 is 40.3 Å². The molecule has 0 aliphatic carbocycles. The fraction of sp³-hybridized carbons (Fsp3) is 0.923. The van der Waals surface area contributed by atoms with E-state index in [-0.39, 0.29) is 19.3 Å². The Morgan fingerprint density at radius 3 is 0.609 bits per heavy atom. The molecule has 46 heavy (non-hydrogen) atoms. The number of carbonyl (C=O) groups is 3. The van der Waals surface area contributed by atoms with Crippen molar-refractivity contribution >= 4 is 40.4 Å². The molecule has 0 N–H and O–H groups in total. The van der Waals surface area contributed by atoms with Gasteiger partial charge in [0.05, 0.1) is 0 Å². The monoisotopic (exact) mass is 760 g/mol. The van der Waals surface area contributed by atoms with Gasteiger partial charge in [0, 0.05) is 17.9 Å². The number of carboxylic acids is 3. The van der Waals surface area contributed by atoms with Gasteiger partial charge in [-0.05, 0) is 38.5 Å². The molecular formula is C39H76O6Sn. The van der Waals surface area contributed by atoms with Gasteiger partial charge in [0.25, 0.3) is 0 Å². The van der Waals surface area contributed by atoms with Crippen molar-refractivity contribution in [2.45, 2.75) is 231 Å². The van der Waals surface area contributed by atoms with Crippen LogP contribution in [0.1, 0.15) is 227 Å². The molecule has 0 rings (SSSR count). The van der Waals surface area contributed by atoms with E-state index in [2.05, 4.69) is 27.7 Å². The molecule has 0 saturated carbocycles. The van der Waals surface area contributed by atoms with Gasteiger partial charge in [0.2, 0.25) is 0 Å². The summed E-state index contributed by atoms with van der Waals surface area (Å²) < 4.78 is 1.41. The van der Waals surface area contributed by atoms with Crippen LogP contribution in [0.5, 0.6) is 0 Å². The molecule has 7 heteroatoms. The van der Waals surface area contributed by atoms with Crippen LogP contribution in [0.15, 0.2) is 0 Å². The van der Waals surface area contributed by atoms with Gasteiger partial charge in [-0.15, -0.1) is 0 Å². The third kappa shape index (κ3) is 69.8. The van der Waals surface area contributed by atoms with Gasteiger partial charge in [-0.2, -0.15) is 0 Å². The van der Waals surface area contributed by atoms with E-state index >= 15 is 0 Å². The van der Waals surface area contributed by atoms with E-state index in [0.29, 0.717) is 0 Å². The Labute approximate surface area is 300 Å².